The number of nitrogens with zero attached hydrogens (tertiary/aromatic N) is 2. The Hall–Kier alpha value is -3.48. The molecule has 0 amide bonds. The molecular weight excluding hydrogens is 372 g/mol. The van der Waals surface area contributed by atoms with Gasteiger partial charge >= 0.3 is 5.97 Å². The van der Waals surface area contributed by atoms with Crippen LogP contribution < -0.4 is 4.74 Å². The number of unbranched alkanes of at least 4 members (excludes halogenated alkanes) is 3. The van der Waals surface area contributed by atoms with Gasteiger partial charge in [0.25, 0.3) is 5.69 Å². The number of benzene rings is 2. The van der Waals surface area contributed by atoms with Crippen LogP contribution in [0.5, 0.6) is 5.75 Å². The number of carbonyl (C=O) groups excluding carboxylic acids is 1. The van der Waals surface area contributed by atoms with E-state index in [1.54, 1.807) is 18.2 Å². The van der Waals surface area contributed by atoms with Gasteiger partial charge in [-0.3, -0.25) is 10.1 Å². The molecule has 0 saturated heterocycles. The zero-order valence-electron chi connectivity index (χ0n) is 16.2. The molecule has 0 saturated carbocycles. The molecule has 0 fully saturated rings. The summed E-state index contributed by atoms with van der Waals surface area (Å²) in [4.78, 5) is 27.6. The maximum absolute atomic E-state index is 12.2. The monoisotopic (exact) mass is 394 g/mol. The first kappa shape index (κ1) is 20.3. The predicted octanol–water partition coefficient (Wildman–Crippen LogP) is 4.90. The number of non-ortho nitro benzene ring substituents is 1. The Bertz CT molecular complexity index is 965. The van der Waals surface area contributed by atoms with E-state index in [9.17, 15) is 14.9 Å². The highest BCUT2D eigenvalue weighted by Crippen LogP contribution is 2.27. The van der Waals surface area contributed by atoms with Crippen molar-refractivity contribution in [3.63, 3.8) is 0 Å². The predicted molar refractivity (Wildman–Crippen MR) is 110 cm³/mol. The molecule has 0 aliphatic carbocycles. The van der Waals surface area contributed by atoms with E-state index >= 15 is 0 Å². The molecule has 0 aromatic heterocycles. The van der Waals surface area contributed by atoms with Crippen LogP contribution in [-0.2, 0) is 9.63 Å². The lowest BCUT2D eigenvalue weighted by molar-refractivity contribution is -0.384. The molecule has 0 unspecified atom stereocenters. The Morgan fingerprint density at radius 3 is 2.76 bits per heavy atom. The van der Waals surface area contributed by atoms with E-state index in [2.05, 4.69) is 12.1 Å². The third-order valence-corrected chi connectivity index (χ3v) is 4.50. The Labute approximate surface area is 168 Å². The molecule has 0 bridgehead atoms. The summed E-state index contributed by atoms with van der Waals surface area (Å²) in [6.07, 6.45) is 6.04. The maximum Gasteiger partial charge on any atom is 0.368 e. The molecule has 2 aromatic carbocycles. The molecule has 1 aliphatic rings. The first-order chi connectivity index (χ1) is 14.1. The normalized spacial score (nSPS) is 14.6. The Morgan fingerprint density at radius 1 is 1.14 bits per heavy atom. The minimum atomic E-state index is -0.607. The summed E-state index contributed by atoms with van der Waals surface area (Å²) in [5, 5.41) is 14.9. The van der Waals surface area contributed by atoms with Gasteiger partial charge in [0, 0.05) is 23.3 Å². The number of oxime groups is 1. The molecular formula is C22H22N2O5. The van der Waals surface area contributed by atoms with Crippen molar-refractivity contribution < 1.29 is 19.3 Å². The Kier molecular flexibility index (Phi) is 6.73. The number of hydrogen-bond acceptors (Lipinski definition) is 6. The lowest BCUT2D eigenvalue weighted by Crippen LogP contribution is -2.07. The van der Waals surface area contributed by atoms with Crippen molar-refractivity contribution in [1.29, 1.82) is 0 Å². The summed E-state index contributed by atoms with van der Waals surface area (Å²) in [6, 6.07) is 13.3. The number of nitro groups is 1. The molecule has 7 heteroatoms. The summed E-state index contributed by atoms with van der Waals surface area (Å²) in [5.41, 5.74) is 1.56. The first-order valence-corrected chi connectivity index (χ1v) is 9.58. The van der Waals surface area contributed by atoms with E-state index in [0.29, 0.717) is 17.9 Å². The molecule has 29 heavy (non-hydrogen) atoms. The van der Waals surface area contributed by atoms with Crippen molar-refractivity contribution in [2.75, 3.05) is 6.61 Å². The van der Waals surface area contributed by atoms with E-state index in [1.807, 2.05) is 24.3 Å². The number of carbonyl (C=O) groups is 1. The smallest absolute Gasteiger partial charge is 0.368 e. The molecule has 2 aromatic rings. The second-order valence-electron chi connectivity index (χ2n) is 6.63. The van der Waals surface area contributed by atoms with Crippen LogP contribution >= 0.6 is 0 Å². The van der Waals surface area contributed by atoms with Gasteiger partial charge in [0.05, 0.1) is 17.1 Å². The lowest BCUT2D eigenvalue weighted by Gasteiger charge is -2.09. The third kappa shape index (κ3) is 5.07. The van der Waals surface area contributed by atoms with Crippen LogP contribution in [0.4, 0.5) is 5.69 Å². The second kappa shape index (κ2) is 9.64. The van der Waals surface area contributed by atoms with E-state index in [0.717, 1.165) is 24.8 Å². The highest BCUT2D eigenvalue weighted by Gasteiger charge is 2.28. The zero-order chi connectivity index (χ0) is 20.6. The van der Waals surface area contributed by atoms with Crippen molar-refractivity contribution in [2.24, 2.45) is 5.16 Å². The average Bonchev–Trinajstić information content (AvgIpc) is 3.09. The molecule has 0 N–H and O–H groups in total. The van der Waals surface area contributed by atoms with E-state index in [1.165, 1.54) is 18.6 Å². The Morgan fingerprint density at radius 2 is 1.97 bits per heavy atom. The second-order valence-corrected chi connectivity index (χ2v) is 6.63. The summed E-state index contributed by atoms with van der Waals surface area (Å²) in [7, 11) is 0. The highest BCUT2D eigenvalue weighted by molar-refractivity contribution is 6.31. The quantitative estimate of drug-likeness (QED) is 0.198. The fraction of sp³-hybridized carbons (Fsp3) is 0.273. The lowest BCUT2D eigenvalue weighted by atomic mass is 10.00. The average molecular weight is 394 g/mol. The molecule has 1 heterocycles. The van der Waals surface area contributed by atoms with E-state index < -0.39 is 10.9 Å². The molecule has 1 aliphatic heterocycles. The van der Waals surface area contributed by atoms with Crippen LogP contribution in [0, 0.1) is 10.1 Å². The third-order valence-electron chi connectivity index (χ3n) is 4.50. The fourth-order valence-electron chi connectivity index (χ4n) is 2.98. The minimum absolute atomic E-state index is 0.0836. The number of hydrogen-bond donors (Lipinski definition) is 0. The SMILES string of the molecule is CCCCCCOc1ccccc1C=C1C(=O)ON=C1c1cccc([N+](=O)[O-])c1. The van der Waals surface area contributed by atoms with E-state index in [-0.39, 0.29) is 17.0 Å². The van der Waals surface area contributed by atoms with Crippen molar-refractivity contribution in [3.8, 4) is 5.75 Å². The maximum atomic E-state index is 12.2. The zero-order valence-corrected chi connectivity index (χ0v) is 16.2. The largest absolute Gasteiger partial charge is 0.493 e. The number of nitro benzene ring substituents is 1. The van der Waals surface area contributed by atoms with Gasteiger partial charge in [0.1, 0.15) is 11.5 Å². The van der Waals surface area contributed by atoms with Gasteiger partial charge in [0.15, 0.2) is 0 Å². The molecule has 3 rings (SSSR count). The highest BCUT2D eigenvalue weighted by atomic mass is 16.7. The summed E-state index contributed by atoms with van der Waals surface area (Å²) >= 11 is 0. The number of ether oxygens (including phenoxy) is 1. The summed E-state index contributed by atoms with van der Waals surface area (Å²) in [5.74, 6) is 0.0545. The van der Waals surface area contributed by atoms with Crippen molar-refractivity contribution in [1.82, 2.24) is 0 Å². The van der Waals surface area contributed by atoms with Gasteiger partial charge in [-0.05, 0) is 18.6 Å². The van der Waals surface area contributed by atoms with Crippen molar-refractivity contribution >= 4 is 23.4 Å². The first-order valence-electron chi connectivity index (χ1n) is 9.58. The molecule has 150 valence electrons. The summed E-state index contributed by atoms with van der Waals surface area (Å²) in [6.45, 7) is 2.75. The van der Waals surface area contributed by atoms with Gasteiger partial charge in [-0.2, -0.15) is 0 Å². The van der Waals surface area contributed by atoms with Crippen LogP contribution in [0.3, 0.4) is 0 Å². The van der Waals surface area contributed by atoms with Gasteiger partial charge < -0.3 is 9.57 Å². The molecule has 0 spiro atoms. The number of para-hydroxylation sites is 1. The standard InChI is InChI=1S/C22H22N2O5/c1-2-3-4-7-13-28-20-12-6-5-9-16(20)15-19-21(23-29-22(19)25)17-10-8-11-18(14-17)24(26)27/h5-6,8-12,14-15H,2-4,7,13H2,1H3. The van der Waals surface area contributed by atoms with Crippen LogP contribution in [0.2, 0.25) is 0 Å². The molecule has 7 nitrogen and oxygen atoms in total. The van der Waals surface area contributed by atoms with Gasteiger partial charge in [-0.1, -0.05) is 61.7 Å². The van der Waals surface area contributed by atoms with Crippen LogP contribution in [0.25, 0.3) is 6.08 Å². The van der Waals surface area contributed by atoms with Gasteiger partial charge in [0.2, 0.25) is 0 Å². The fourth-order valence-corrected chi connectivity index (χ4v) is 2.98. The topological polar surface area (TPSA) is 91.0 Å². The number of rotatable bonds is 9. The molecule has 0 atom stereocenters. The van der Waals surface area contributed by atoms with Crippen molar-refractivity contribution in [2.45, 2.75) is 32.6 Å². The van der Waals surface area contributed by atoms with Gasteiger partial charge in [-0.15, -0.1) is 0 Å². The van der Waals surface area contributed by atoms with Crippen LogP contribution in [0.15, 0.2) is 59.3 Å². The Balaban J connectivity index is 1.85. The van der Waals surface area contributed by atoms with Crippen molar-refractivity contribution in [3.05, 3.63) is 75.3 Å². The van der Waals surface area contributed by atoms with Crippen LogP contribution in [-0.4, -0.2) is 23.2 Å². The summed E-state index contributed by atoms with van der Waals surface area (Å²) < 4.78 is 5.89. The molecule has 0 radical (unpaired) electrons. The van der Waals surface area contributed by atoms with E-state index in [4.69, 9.17) is 9.57 Å². The van der Waals surface area contributed by atoms with Crippen LogP contribution in [0.1, 0.15) is 43.7 Å². The minimum Gasteiger partial charge on any atom is -0.493 e. The van der Waals surface area contributed by atoms with Gasteiger partial charge in [-0.25, -0.2) is 4.79 Å².